The molecule has 0 aromatic carbocycles. The number of rotatable bonds is 13. The molecule has 0 N–H and O–H groups in total. The normalized spacial score (nSPS) is 12.0. The average molecular weight is 321 g/mol. The third-order valence-electron chi connectivity index (χ3n) is 3.08. The zero-order valence-electron chi connectivity index (χ0n) is 13.4. The zero-order chi connectivity index (χ0) is 15.9. The van der Waals surface area contributed by atoms with E-state index in [-0.39, 0.29) is 24.2 Å². The van der Waals surface area contributed by atoms with Gasteiger partial charge in [-0.1, -0.05) is 46.0 Å². The van der Waals surface area contributed by atoms with Gasteiger partial charge in [-0.2, -0.15) is 0 Å². The van der Waals surface area contributed by atoms with Crippen molar-refractivity contribution in [2.45, 2.75) is 77.7 Å². The SMILES string of the molecule is CCCCCCCCOC(=O)CC(CCl)OC(=O)CCC. The molecule has 0 fully saturated rings. The van der Waals surface area contributed by atoms with E-state index in [1.165, 1.54) is 25.7 Å². The molecule has 21 heavy (non-hydrogen) atoms. The van der Waals surface area contributed by atoms with E-state index in [9.17, 15) is 9.59 Å². The monoisotopic (exact) mass is 320 g/mol. The summed E-state index contributed by atoms with van der Waals surface area (Å²) in [5.41, 5.74) is 0. The van der Waals surface area contributed by atoms with Gasteiger partial charge in [-0.15, -0.1) is 11.6 Å². The Hall–Kier alpha value is -0.770. The van der Waals surface area contributed by atoms with Gasteiger partial charge in [-0.25, -0.2) is 0 Å². The molecule has 1 atom stereocenters. The number of hydrogen-bond donors (Lipinski definition) is 0. The Morgan fingerprint density at radius 2 is 1.62 bits per heavy atom. The second kappa shape index (κ2) is 14.2. The molecule has 0 saturated heterocycles. The molecule has 0 amide bonds. The number of esters is 2. The summed E-state index contributed by atoms with van der Waals surface area (Å²) in [6.07, 6.45) is 7.41. The van der Waals surface area contributed by atoms with E-state index in [2.05, 4.69) is 6.92 Å². The fourth-order valence-electron chi connectivity index (χ4n) is 1.89. The first-order chi connectivity index (χ1) is 10.1. The van der Waals surface area contributed by atoms with Crippen molar-refractivity contribution < 1.29 is 19.1 Å². The van der Waals surface area contributed by atoms with Crippen LogP contribution in [-0.4, -0.2) is 30.5 Å². The van der Waals surface area contributed by atoms with E-state index in [1.807, 2.05) is 6.92 Å². The fourth-order valence-corrected chi connectivity index (χ4v) is 2.06. The molecule has 4 nitrogen and oxygen atoms in total. The van der Waals surface area contributed by atoms with E-state index in [0.29, 0.717) is 13.0 Å². The van der Waals surface area contributed by atoms with Crippen molar-refractivity contribution in [3.63, 3.8) is 0 Å². The highest BCUT2D eigenvalue weighted by atomic mass is 35.5. The second-order valence-electron chi connectivity index (χ2n) is 5.21. The van der Waals surface area contributed by atoms with Crippen molar-refractivity contribution in [3.8, 4) is 0 Å². The number of carbonyl (C=O) groups is 2. The Morgan fingerprint density at radius 3 is 2.24 bits per heavy atom. The minimum Gasteiger partial charge on any atom is -0.466 e. The maximum Gasteiger partial charge on any atom is 0.309 e. The molecule has 0 aromatic rings. The largest absolute Gasteiger partial charge is 0.466 e. The molecular formula is C16H29ClO4. The molecule has 0 radical (unpaired) electrons. The maximum atomic E-state index is 11.6. The van der Waals surface area contributed by atoms with Crippen molar-refractivity contribution in [1.82, 2.24) is 0 Å². The van der Waals surface area contributed by atoms with Gasteiger partial charge in [0.15, 0.2) is 0 Å². The maximum absolute atomic E-state index is 11.6. The number of halogens is 1. The van der Waals surface area contributed by atoms with Gasteiger partial charge in [-0.3, -0.25) is 9.59 Å². The lowest BCUT2D eigenvalue weighted by atomic mass is 10.1. The molecule has 124 valence electrons. The number of ether oxygens (including phenoxy) is 2. The van der Waals surface area contributed by atoms with Crippen LogP contribution in [0.3, 0.4) is 0 Å². The summed E-state index contributed by atoms with van der Waals surface area (Å²) in [5.74, 6) is -0.549. The molecular weight excluding hydrogens is 292 g/mol. The highest BCUT2D eigenvalue weighted by Crippen LogP contribution is 2.08. The Kier molecular flexibility index (Phi) is 13.7. The van der Waals surface area contributed by atoms with Crippen molar-refractivity contribution in [1.29, 1.82) is 0 Å². The molecule has 1 unspecified atom stereocenters. The van der Waals surface area contributed by atoms with Crippen molar-refractivity contribution >= 4 is 23.5 Å². The summed E-state index contributed by atoms with van der Waals surface area (Å²) in [5, 5.41) is 0. The molecule has 0 aliphatic carbocycles. The number of unbranched alkanes of at least 4 members (excludes halogenated alkanes) is 5. The van der Waals surface area contributed by atoms with Crippen LogP contribution in [0.15, 0.2) is 0 Å². The predicted molar refractivity (Wildman–Crippen MR) is 84.5 cm³/mol. The standard InChI is InChI=1S/C16H29ClO4/c1-3-5-6-7-8-9-11-20-16(19)12-14(13-17)21-15(18)10-4-2/h14H,3-13H2,1-2H3. The Morgan fingerprint density at radius 1 is 0.952 bits per heavy atom. The van der Waals surface area contributed by atoms with Gasteiger partial charge >= 0.3 is 11.9 Å². The molecule has 0 aliphatic rings. The number of carbonyl (C=O) groups excluding carboxylic acids is 2. The van der Waals surface area contributed by atoms with Crippen molar-refractivity contribution in [2.75, 3.05) is 12.5 Å². The van der Waals surface area contributed by atoms with Crippen LogP contribution in [0.1, 0.15) is 71.6 Å². The molecule has 0 heterocycles. The first-order valence-corrected chi connectivity index (χ1v) is 8.58. The summed E-state index contributed by atoms with van der Waals surface area (Å²) in [6, 6.07) is 0. The second-order valence-corrected chi connectivity index (χ2v) is 5.52. The lowest BCUT2D eigenvalue weighted by molar-refractivity contribution is -0.154. The molecule has 0 aliphatic heterocycles. The van der Waals surface area contributed by atoms with Gasteiger partial charge in [0, 0.05) is 6.42 Å². The summed E-state index contributed by atoms with van der Waals surface area (Å²) in [4.78, 5) is 23.0. The Bertz CT molecular complexity index is 281. The minimum atomic E-state index is -0.581. The van der Waals surface area contributed by atoms with Gasteiger partial charge in [0.05, 0.1) is 18.9 Å². The smallest absolute Gasteiger partial charge is 0.309 e. The zero-order valence-corrected chi connectivity index (χ0v) is 14.1. The molecule has 0 aromatic heterocycles. The molecule has 0 spiro atoms. The number of hydrogen-bond acceptors (Lipinski definition) is 4. The van der Waals surface area contributed by atoms with E-state index < -0.39 is 6.10 Å². The summed E-state index contributed by atoms with van der Waals surface area (Å²) in [6.45, 7) is 4.51. The highest BCUT2D eigenvalue weighted by Gasteiger charge is 2.18. The van der Waals surface area contributed by atoms with Crippen LogP contribution >= 0.6 is 11.6 Å². The van der Waals surface area contributed by atoms with Crippen LogP contribution in [0, 0.1) is 0 Å². The summed E-state index contributed by atoms with van der Waals surface area (Å²) < 4.78 is 10.2. The predicted octanol–water partition coefficient (Wildman–Crippen LogP) is 4.23. The average Bonchev–Trinajstić information content (AvgIpc) is 2.45. The number of alkyl halides is 1. The van der Waals surface area contributed by atoms with Crippen LogP contribution in [0.2, 0.25) is 0 Å². The minimum absolute atomic E-state index is 0.0365. The molecule has 0 bridgehead atoms. The summed E-state index contributed by atoms with van der Waals surface area (Å²) in [7, 11) is 0. The van der Waals surface area contributed by atoms with E-state index in [0.717, 1.165) is 19.3 Å². The van der Waals surface area contributed by atoms with Crippen LogP contribution in [0.4, 0.5) is 0 Å². The van der Waals surface area contributed by atoms with Gasteiger partial charge < -0.3 is 9.47 Å². The van der Waals surface area contributed by atoms with E-state index >= 15 is 0 Å². The molecule has 5 heteroatoms. The third kappa shape index (κ3) is 12.7. The third-order valence-corrected chi connectivity index (χ3v) is 3.42. The van der Waals surface area contributed by atoms with Crippen molar-refractivity contribution in [2.24, 2.45) is 0 Å². The van der Waals surface area contributed by atoms with Crippen LogP contribution in [0.25, 0.3) is 0 Å². The van der Waals surface area contributed by atoms with E-state index in [4.69, 9.17) is 21.1 Å². The van der Waals surface area contributed by atoms with Gasteiger partial charge in [0.1, 0.15) is 6.10 Å². The van der Waals surface area contributed by atoms with Crippen molar-refractivity contribution in [3.05, 3.63) is 0 Å². The topological polar surface area (TPSA) is 52.6 Å². The fraction of sp³-hybridized carbons (Fsp3) is 0.875. The van der Waals surface area contributed by atoms with Gasteiger partial charge in [-0.05, 0) is 12.8 Å². The highest BCUT2D eigenvalue weighted by molar-refractivity contribution is 6.18. The lowest BCUT2D eigenvalue weighted by Gasteiger charge is -2.14. The molecule has 0 rings (SSSR count). The Balaban J connectivity index is 3.68. The first kappa shape index (κ1) is 20.2. The quantitative estimate of drug-likeness (QED) is 0.289. The van der Waals surface area contributed by atoms with Crippen LogP contribution in [0.5, 0.6) is 0 Å². The van der Waals surface area contributed by atoms with Gasteiger partial charge in [0.2, 0.25) is 0 Å². The molecule has 0 saturated carbocycles. The van der Waals surface area contributed by atoms with E-state index in [1.54, 1.807) is 0 Å². The summed E-state index contributed by atoms with van der Waals surface area (Å²) >= 11 is 5.70. The Labute approximate surface area is 133 Å². The van der Waals surface area contributed by atoms with Crippen LogP contribution in [-0.2, 0) is 19.1 Å². The van der Waals surface area contributed by atoms with Gasteiger partial charge in [0.25, 0.3) is 0 Å². The first-order valence-electron chi connectivity index (χ1n) is 8.05. The lowest BCUT2D eigenvalue weighted by Crippen LogP contribution is -2.24. The van der Waals surface area contributed by atoms with Crippen LogP contribution < -0.4 is 0 Å².